The highest BCUT2D eigenvalue weighted by Crippen LogP contribution is 2.16. The molecular weight excluding hydrogens is 244 g/mol. The Morgan fingerprint density at radius 2 is 1.16 bits per heavy atom. The van der Waals surface area contributed by atoms with Gasteiger partial charge in [-0.05, 0) is 12.0 Å². The highest BCUT2D eigenvalue weighted by molar-refractivity contribution is 6.85. The molecule has 0 saturated heterocycles. The van der Waals surface area contributed by atoms with Crippen LogP contribution in [0.4, 0.5) is 0 Å². The summed E-state index contributed by atoms with van der Waals surface area (Å²) < 4.78 is 0. The summed E-state index contributed by atoms with van der Waals surface area (Å²) in [5, 5.41) is 3.09. The van der Waals surface area contributed by atoms with Gasteiger partial charge in [-0.15, -0.1) is 0 Å². The van der Waals surface area contributed by atoms with Crippen molar-refractivity contribution in [3.8, 4) is 0 Å². The molecule has 0 fully saturated rings. The first-order valence-electron chi connectivity index (χ1n) is 6.88. The Balaban J connectivity index is 1.91. The van der Waals surface area contributed by atoms with Crippen molar-refractivity contribution < 1.29 is 0 Å². The lowest BCUT2D eigenvalue weighted by molar-refractivity contribution is 0.944. The van der Waals surface area contributed by atoms with Gasteiger partial charge >= 0.3 is 0 Å². The minimum Gasteiger partial charge on any atom is -0.0779 e. The molecule has 94 valence electrons. The minimum absolute atomic E-state index is 0.622. The SMILES string of the molecule is C1=CC(C[SiH](c2ccccc2)c2ccccc2)C=C1. The number of hydrogen-bond donors (Lipinski definition) is 0. The van der Waals surface area contributed by atoms with E-state index >= 15 is 0 Å². The van der Waals surface area contributed by atoms with E-state index in [2.05, 4.69) is 85.0 Å². The van der Waals surface area contributed by atoms with Gasteiger partial charge in [0.1, 0.15) is 8.80 Å². The first kappa shape index (κ1) is 12.2. The van der Waals surface area contributed by atoms with Gasteiger partial charge in [0.15, 0.2) is 0 Å². The molecule has 1 aliphatic rings. The minimum atomic E-state index is -1.11. The van der Waals surface area contributed by atoms with Gasteiger partial charge in [-0.1, -0.05) is 95.3 Å². The standard InChI is InChI=1S/C18H18Si/c1-3-11-17(12-4-1)19(15-16-9-7-8-10-16)18-13-5-2-6-14-18/h1-14,16,19H,15H2. The maximum Gasteiger partial charge on any atom is 0.104 e. The maximum absolute atomic E-state index is 2.33. The second-order valence-electron chi connectivity index (χ2n) is 5.04. The van der Waals surface area contributed by atoms with Crippen molar-refractivity contribution in [2.45, 2.75) is 6.04 Å². The summed E-state index contributed by atoms with van der Waals surface area (Å²) in [6, 6.07) is 23.3. The van der Waals surface area contributed by atoms with E-state index < -0.39 is 8.80 Å². The first-order chi connectivity index (χ1) is 9.43. The average Bonchev–Trinajstić information content (AvgIpc) is 3.00. The lowest BCUT2D eigenvalue weighted by Gasteiger charge is -2.18. The van der Waals surface area contributed by atoms with Crippen LogP contribution in [0.25, 0.3) is 0 Å². The highest BCUT2D eigenvalue weighted by atomic mass is 28.3. The predicted octanol–water partition coefficient (Wildman–Crippen LogP) is 2.77. The zero-order valence-electron chi connectivity index (χ0n) is 10.9. The third-order valence-corrected chi connectivity index (χ3v) is 7.13. The van der Waals surface area contributed by atoms with E-state index in [9.17, 15) is 0 Å². The van der Waals surface area contributed by atoms with Gasteiger partial charge in [0.05, 0.1) is 0 Å². The van der Waals surface area contributed by atoms with E-state index in [0.717, 1.165) is 0 Å². The quantitative estimate of drug-likeness (QED) is 0.743. The molecule has 0 nitrogen and oxygen atoms in total. The van der Waals surface area contributed by atoms with Gasteiger partial charge in [-0.25, -0.2) is 0 Å². The third-order valence-electron chi connectivity index (χ3n) is 3.74. The fraction of sp³-hybridized carbons (Fsp3) is 0.111. The molecule has 0 spiro atoms. The van der Waals surface area contributed by atoms with Crippen LogP contribution in [0.3, 0.4) is 0 Å². The highest BCUT2D eigenvalue weighted by Gasteiger charge is 2.19. The van der Waals surface area contributed by atoms with Crippen molar-refractivity contribution in [3.05, 3.63) is 85.0 Å². The number of benzene rings is 2. The molecule has 0 aromatic heterocycles. The molecule has 0 heterocycles. The van der Waals surface area contributed by atoms with Crippen molar-refractivity contribution in [1.29, 1.82) is 0 Å². The fourth-order valence-electron chi connectivity index (χ4n) is 2.74. The number of rotatable bonds is 4. The van der Waals surface area contributed by atoms with Crippen LogP contribution in [-0.4, -0.2) is 8.80 Å². The topological polar surface area (TPSA) is 0 Å². The zero-order valence-corrected chi connectivity index (χ0v) is 12.1. The molecule has 1 heteroatoms. The van der Waals surface area contributed by atoms with Crippen LogP contribution in [0.15, 0.2) is 85.0 Å². The van der Waals surface area contributed by atoms with Crippen molar-refractivity contribution >= 4 is 19.2 Å². The molecule has 0 N–H and O–H groups in total. The Hall–Kier alpha value is -1.86. The van der Waals surface area contributed by atoms with Gasteiger partial charge < -0.3 is 0 Å². The van der Waals surface area contributed by atoms with Crippen LogP contribution in [-0.2, 0) is 0 Å². The maximum atomic E-state index is 2.33. The first-order valence-corrected chi connectivity index (χ1v) is 8.85. The van der Waals surface area contributed by atoms with Crippen LogP contribution >= 0.6 is 0 Å². The van der Waals surface area contributed by atoms with Crippen molar-refractivity contribution in [3.63, 3.8) is 0 Å². The van der Waals surface area contributed by atoms with Crippen LogP contribution in [0.2, 0.25) is 6.04 Å². The van der Waals surface area contributed by atoms with E-state index in [1.807, 2.05) is 0 Å². The lowest BCUT2D eigenvalue weighted by atomic mass is 10.2. The normalized spacial score (nSPS) is 14.4. The Labute approximate surface area is 116 Å². The van der Waals surface area contributed by atoms with Crippen molar-refractivity contribution in [2.24, 2.45) is 5.92 Å². The predicted molar refractivity (Wildman–Crippen MR) is 85.9 cm³/mol. The zero-order chi connectivity index (χ0) is 12.9. The molecule has 19 heavy (non-hydrogen) atoms. The van der Waals surface area contributed by atoms with Gasteiger partial charge in [-0.3, -0.25) is 0 Å². The van der Waals surface area contributed by atoms with Gasteiger partial charge in [0.25, 0.3) is 0 Å². The molecule has 0 atom stereocenters. The summed E-state index contributed by atoms with van der Waals surface area (Å²) in [7, 11) is -1.11. The fourth-order valence-corrected chi connectivity index (χ4v) is 5.90. The molecule has 0 saturated carbocycles. The van der Waals surface area contributed by atoms with Crippen LogP contribution in [0, 0.1) is 5.92 Å². The van der Waals surface area contributed by atoms with E-state index in [1.54, 1.807) is 10.4 Å². The summed E-state index contributed by atoms with van der Waals surface area (Å²) >= 11 is 0. The summed E-state index contributed by atoms with van der Waals surface area (Å²) in [4.78, 5) is 0. The summed E-state index contributed by atoms with van der Waals surface area (Å²) in [6.45, 7) is 0. The van der Waals surface area contributed by atoms with Crippen molar-refractivity contribution in [2.75, 3.05) is 0 Å². The largest absolute Gasteiger partial charge is 0.104 e. The number of hydrogen-bond acceptors (Lipinski definition) is 0. The monoisotopic (exact) mass is 262 g/mol. The van der Waals surface area contributed by atoms with E-state index in [1.165, 1.54) is 6.04 Å². The second kappa shape index (κ2) is 5.85. The Bertz CT molecular complexity index is 518. The van der Waals surface area contributed by atoms with Crippen LogP contribution in [0.1, 0.15) is 0 Å². The van der Waals surface area contributed by atoms with E-state index in [-0.39, 0.29) is 0 Å². The lowest BCUT2D eigenvalue weighted by Crippen LogP contribution is -2.42. The smallest absolute Gasteiger partial charge is 0.0779 e. The second-order valence-corrected chi connectivity index (χ2v) is 7.95. The van der Waals surface area contributed by atoms with Gasteiger partial charge in [0.2, 0.25) is 0 Å². The molecule has 2 aromatic rings. The third kappa shape index (κ3) is 2.94. The molecule has 0 radical (unpaired) electrons. The van der Waals surface area contributed by atoms with Crippen LogP contribution in [0.5, 0.6) is 0 Å². The summed E-state index contributed by atoms with van der Waals surface area (Å²) in [5.41, 5.74) is 0. The molecular formula is C18H18Si. The van der Waals surface area contributed by atoms with Crippen LogP contribution < -0.4 is 10.4 Å². The Morgan fingerprint density at radius 3 is 1.63 bits per heavy atom. The molecule has 0 aliphatic heterocycles. The molecule has 0 unspecified atom stereocenters. The Morgan fingerprint density at radius 1 is 0.684 bits per heavy atom. The van der Waals surface area contributed by atoms with Crippen molar-refractivity contribution in [1.82, 2.24) is 0 Å². The molecule has 1 aliphatic carbocycles. The average molecular weight is 262 g/mol. The molecule has 3 rings (SSSR count). The molecule has 0 amide bonds. The molecule has 2 aromatic carbocycles. The molecule has 0 bridgehead atoms. The van der Waals surface area contributed by atoms with Gasteiger partial charge in [0, 0.05) is 0 Å². The van der Waals surface area contributed by atoms with E-state index in [4.69, 9.17) is 0 Å². The van der Waals surface area contributed by atoms with Gasteiger partial charge in [-0.2, -0.15) is 0 Å². The Kier molecular flexibility index (Phi) is 3.75. The summed E-state index contributed by atoms with van der Waals surface area (Å²) in [5.74, 6) is 0.622. The summed E-state index contributed by atoms with van der Waals surface area (Å²) in [6.07, 6.45) is 9.00. The number of allylic oxidation sites excluding steroid dienone is 4. The van der Waals surface area contributed by atoms with E-state index in [0.29, 0.717) is 5.92 Å².